The third-order valence-corrected chi connectivity index (χ3v) is 4.94. The number of para-hydroxylation sites is 1. The summed E-state index contributed by atoms with van der Waals surface area (Å²) < 4.78 is 10.7. The lowest BCUT2D eigenvalue weighted by molar-refractivity contribution is 0.111. The van der Waals surface area contributed by atoms with Crippen LogP contribution in [0, 0.1) is 6.92 Å². The molecule has 0 bridgehead atoms. The Bertz CT molecular complexity index is 807. The molecule has 146 valence electrons. The van der Waals surface area contributed by atoms with Crippen LogP contribution in [0.15, 0.2) is 33.7 Å². The van der Waals surface area contributed by atoms with Crippen LogP contribution in [0.2, 0.25) is 0 Å². The van der Waals surface area contributed by atoms with Crippen LogP contribution >= 0.6 is 0 Å². The number of nitrogens with one attached hydrogen (secondary N) is 2. The van der Waals surface area contributed by atoms with E-state index in [0.29, 0.717) is 19.6 Å². The third-order valence-electron chi connectivity index (χ3n) is 4.94. The van der Waals surface area contributed by atoms with Gasteiger partial charge < -0.3 is 24.7 Å². The maximum Gasteiger partial charge on any atom is 0.409 e. The number of carbonyl (C=O) groups is 1. The van der Waals surface area contributed by atoms with Gasteiger partial charge >= 0.3 is 6.09 Å². The second-order valence-electron chi connectivity index (χ2n) is 6.72. The third kappa shape index (κ3) is 4.53. The minimum Gasteiger partial charge on any atom is -0.459 e. The Labute approximate surface area is 159 Å². The Kier molecular flexibility index (Phi) is 6.21. The molecule has 0 saturated carbocycles. The Hall–Kier alpha value is -2.70. The molecule has 0 aliphatic carbocycles. The van der Waals surface area contributed by atoms with Crippen molar-refractivity contribution in [3.8, 4) is 0 Å². The van der Waals surface area contributed by atoms with Crippen molar-refractivity contribution in [1.82, 2.24) is 15.5 Å². The fourth-order valence-electron chi connectivity index (χ4n) is 3.38. The smallest absolute Gasteiger partial charge is 0.409 e. The molecule has 1 aliphatic heterocycles. The van der Waals surface area contributed by atoms with Gasteiger partial charge in [0.05, 0.1) is 7.11 Å². The van der Waals surface area contributed by atoms with Crippen LogP contribution in [0.3, 0.4) is 0 Å². The lowest BCUT2D eigenvalue weighted by Crippen LogP contribution is -2.49. The Balaban J connectivity index is 1.63. The molecule has 2 aromatic rings. The van der Waals surface area contributed by atoms with Gasteiger partial charge in [0.1, 0.15) is 17.9 Å². The lowest BCUT2D eigenvalue weighted by atomic mass is 10.1. The number of rotatable bonds is 4. The highest BCUT2D eigenvalue weighted by Gasteiger charge is 2.23. The Morgan fingerprint density at radius 3 is 2.74 bits per heavy atom. The van der Waals surface area contributed by atoms with Gasteiger partial charge in [-0.15, -0.1) is 0 Å². The molecule has 0 atom stereocenters. The van der Waals surface area contributed by atoms with Gasteiger partial charge in [0.15, 0.2) is 5.96 Å². The monoisotopic (exact) mass is 372 g/mol. The molecule has 27 heavy (non-hydrogen) atoms. The molecular weight excluding hydrogens is 344 g/mol. The van der Waals surface area contributed by atoms with E-state index in [4.69, 9.17) is 14.1 Å². The summed E-state index contributed by atoms with van der Waals surface area (Å²) in [5.41, 5.74) is 2.03. The molecule has 2 N–H and O–H groups in total. The predicted octanol–water partition coefficient (Wildman–Crippen LogP) is 3.03. The number of hydrogen-bond donors (Lipinski definition) is 2. The van der Waals surface area contributed by atoms with Gasteiger partial charge in [0.2, 0.25) is 0 Å². The van der Waals surface area contributed by atoms with Crippen molar-refractivity contribution >= 4 is 23.0 Å². The van der Waals surface area contributed by atoms with E-state index in [2.05, 4.69) is 23.6 Å². The molecule has 7 heteroatoms. The van der Waals surface area contributed by atoms with E-state index in [1.54, 1.807) is 4.90 Å². The van der Waals surface area contributed by atoms with Crippen molar-refractivity contribution in [2.75, 3.05) is 26.7 Å². The van der Waals surface area contributed by atoms with Crippen LogP contribution in [0.5, 0.6) is 0 Å². The van der Waals surface area contributed by atoms with Crippen molar-refractivity contribution in [2.24, 2.45) is 4.99 Å². The number of furan rings is 1. The molecule has 1 fully saturated rings. The fraction of sp³-hybridized carbons (Fsp3) is 0.500. The maximum atomic E-state index is 11.6. The summed E-state index contributed by atoms with van der Waals surface area (Å²) in [6.07, 6.45) is 1.47. The first-order chi connectivity index (χ1) is 13.1. The van der Waals surface area contributed by atoms with Crippen LogP contribution in [-0.4, -0.2) is 49.7 Å². The summed E-state index contributed by atoms with van der Waals surface area (Å²) in [6.45, 7) is 6.75. The van der Waals surface area contributed by atoms with E-state index in [-0.39, 0.29) is 12.1 Å². The molecule has 1 aromatic heterocycles. The minimum absolute atomic E-state index is 0.255. The molecule has 3 rings (SSSR count). The first kappa shape index (κ1) is 19.1. The number of carbonyl (C=O) groups excluding carboxylic acids is 1. The molecule has 1 aliphatic rings. The van der Waals surface area contributed by atoms with Gasteiger partial charge in [-0.25, -0.2) is 9.79 Å². The van der Waals surface area contributed by atoms with Crippen molar-refractivity contribution in [1.29, 1.82) is 0 Å². The number of fused-ring (bicyclic) bond motifs is 1. The van der Waals surface area contributed by atoms with Gasteiger partial charge in [-0.2, -0.15) is 0 Å². The topological polar surface area (TPSA) is 79.1 Å². The van der Waals surface area contributed by atoms with E-state index >= 15 is 0 Å². The highest BCUT2D eigenvalue weighted by Crippen LogP contribution is 2.25. The predicted molar refractivity (Wildman–Crippen MR) is 106 cm³/mol. The molecule has 7 nitrogen and oxygen atoms in total. The number of hydrogen-bond acceptors (Lipinski definition) is 4. The highest BCUT2D eigenvalue weighted by molar-refractivity contribution is 5.82. The zero-order chi connectivity index (χ0) is 19.2. The quantitative estimate of drug-likeness (QED) is 0.637. The van der Waals surface area contributed by atoms with Gasteiger partial charge in [-0.1, -0.05) is 18.2 Å². The molecule has 1 aromatic carbocycles. The molecule has 0 radical (unpaired) electrons. The van der Waals surface area contributed by atoms with Gasteiger partial charge in [-0.05, 0) is 32.8 Å². The SMILES string of the molecule is CCNC(=NCc1oc2ccccc2c1C)NC1CCN(C(=O)OC)CC1. The number of guanidine groups is 1. The van der Waals surface area contributed by atoms with Crippen LogP contribution in [0.1, 0.15) is 31.1 Å². The van der Waals surface area contributed by atoms with Crippen molar-refractivity contribution < 1.29 is 13.9 Å². The summed E-state index contributed by atoms with van der Waals surface area (Å²) in [5, 5.41) is 7.90. The normalized spacial score (nSPS) is 15.8. The fourth-order valence-corrected chi connectivity index (χ4v) is 3.38. The number of benzene rings is 1. The van der Waals surface area contributed by atoms with E-state index in [1.807, 2.05) is 25.1 Å². The molecule has 2 heterocycles. The average Bonchev–Trinajstić information content (AvgIpc) is 3.02. The van der Waals surface area contributed by atoms with Crippen molar-refractivity contribution in [2.45, 2.75) is 39.3 Å². The van der Waals surface area contributed by atoms with Crippen molar-refractivity contribution in [3.63, 3.8) is 0 Å². The summed E-state index contributed by atoms with van der Waals surface area (Å²) >= 11 is 0. The number of amides is 1. The first-order valence-electron chi connectivity index (χ1n) is 9.47. The van der Waals surface area contributed by atoms with E-state index in [0.717, 1.165) is 47.6 Å². The molecule has 0 unspecified atom stereocenters. The van der Waals surface area contributed by atoms with Crippen LogP contribution in [0.4, 0.5) is 4.79 Å². The number of ether oxygens (including phenoxy) is 1. The molecule has 0 spiro atoms. The first-order valence-corrected chi connectivity index (χ1v) is 9.47. The van der Waals surface area contributed by atoms with Crippen LogP contribution in [-0.2, 0) is 11.3 Å². The number of methoxy groups -OCH3 is 1. The summed E-state index contributed by atoms with van der Waals surface area (Å²) in [5.74, 6) is 1.66. The largest absolute Gasteiger partial charge is 0.459 e. The van der Waals surface area contributed by atoms with Gasteiger partial charge in [-0.3, -0.25) is 0 Å². The van der Waals surface area contributed by atoms with E-state index in [9.17, 15) is 4.79 Å². The summed E-state index contributed by atoms with van der Waals surface area (Å²) in [4.78, 5) is 18.0. The maximum absolute atomic E-state index is 11.6. The number of likely N-dealkylation sites (tertiary alicyclic amines) is 1. The van der Waals surface area contributed by atoms with Crippen molar-refractivity contribution in [3.05, 3.63) is 35.6 Å². The Morgan fingerprint density at radius 1 is 1.33 bits per heavy atom. The number of aliphatic imine (C=N–C) groups is 1. The lowest BCUT2D eigenvalue weighted by Gasteiger charge is -2.32. The average molecular weight is 372 g/mol. The molecular formula is C20H28N4O3. The number of aryl methyl sites for hydroxylation is 1. The summed E-state index contributed by atoms with van der Waals surface area (Å²) in [6, 6.07) is 8.32. The van der Waals surface area contributed by atoms with Gasteiger partial charge in [0, 0.05) is 36.6 Å². The number of piperidine rings is 1. The second kappa shape index (κ2) is 8.79. The van der Waals surface area contributed by atoms with Gasteiger partial charge in [0.25, 0.3) is 0 Å². The molecule has 1 amide bonds. The zero-order valence-corrected chi connectivity index (χ0v) is 16.2. The number of nitrogens with zero attached hydrogens (tertiary/aromatic N) is 2. The summed E-state index contributed by atoms with van der Waals surface area (Å²) in [7, 11) is 1.42. The van der Waals surface area contributed by atoms with E-state index in [1.165, 1.54) is 7.11 Å². The zero-order valence-electron chi connectivity index (χ0n) is 16.2. The minimum atomic E-state index is -0.255. The highest BCUT2D eigenvalue weighted by atomic mass is 16.5. The van der Waals surface area contributed by atoms with Crippen LogP contribution < -0.4 is 10.6 Å². The standard InChI is InChI=1S/C20H28N4O3/c1-4-21-19(23-15-9-11-24(12-10-15)20(25)26-3)22-13-18-14(2)16-7-5-6-8-17(16)27-18/h5-8,15H,4,9-13H2,1-3H3,(H2,21,22,23). The molecule has 1 saturated heterocycles. The Morgan fingerprint density at radius 2 is 2.07 bits per heavy atom. The van der Waals surface area contributed by atoms with E-state index < -0.39 is 0 Å². The second-order valence-corrected chi connectivity index (χ2v) is 6.72. The van der Waals surface area contributed by atoms with Crippen LogP contribution in [0.25, 0.3) is 11.0 Å².